The minimum absolute atomic E-state index is 0.268. The SMILES string of the molecule is Cc1ccc(N)c(Nc2cc(Br)c(F)cc2C)c1. The van der Waals surface area contributed by atoms with Gasteiger partial charge in [-0.2, -0.15) is 0 Å². The lowest BCUT2D eigenvalue weighted by atomic mass is 10.1. The Kier molecular flexibility index (Phi) is 3.57. The number of aryl methyl sites for hydroxylation is 2. The number of hydrogen-bond donors (Lipinski definition) is 2. The lowest BCUT2D eigenvalue weighted by Crippen LogP contribution is -1.99. The van der Waals surface area contributed by atoms with Crippen LogP contribution in [0.4, 0.5) is 21.5 Å². The standard InChI is InChI=1S/C14H14BrFN2/c1-8-3-4-12(17)14(5-8)18-13-7-10(15)11(16)6-9(13)2/h3-7,18H,17H2,1-2H3. The van der Waals surface area contributed by atoms with Gasteiger partial charge in [0.1, 0.15) is 5.82 Å². The van der Waals surface area contributed by atoms with Gasteiger partial charge in [-0.1, -0.05) is 6.07 Å². The van der Waals surface area contributed by atoms with E-state index in [0.717, 1.165) is 22.5 Å². The van der Waals surface area contributed by atoms with Crippen molar-refractivity contribution in [2.24, 2.45) is 0 Å². The van der Waals surface area contributed by atoms with Gasteiger partial charge < -0.3 is 11.1 Å². The van der Waals surface area contributed by atoms with Crippen LogP contribution >= 0.6 is 15.9 Å². The van der Waals surface area contributed by atoms with E-state index in [9.17, 15) is 4.39 Å². The molecule has 0 amide bonds. The van der Waals surface area contributed by atoms with Crippen LogP contribution in [0.5, 0.6) is 0 Å². The van der Waals surface area contributed by atoms with Crippen molar-refractivity contribution in [1.29, 1.82) is 0 Å². The molecule has 4 heteroatoms. The molecule has 0 radical (unpaired) electrons. The Morgan fingerprint density at radius 1 is 1.11 bits per heavy atom. The van der Waals surface area contributed by atoms with Gasteiger partial charge in [0, 0.05) is 5.69 Å². The highest BCUT2D eigenvalue weighted by Gasteiger charge is 2.07. The molecule has 0 fully saturated rings. The van der Waals surface area contributed by atoms with Crippen molar-refractivity contribution < 1.29 is 4.39 Å². The molecule has 3 N–H and O–H groups in total. The molecule has 2 aromatic carbocycles. The van der Waals surface area contributed by atoms with Crippen LogP contribution in [0, 0.1) is 19.7 Å². The lowest BCUT2D eigenvalue weighted by molar-refractivity contribution is 0.620. The zero-order chi connectivity index (χ0) is 13.3. The van der Waals surface area contributed by atoms with Gasteiger partial charge in [0.15, 0.2) is 0 Å². The fourth-order valence-corrected chi connectivity index (χ4v) is 2.05. The van der Waals surface area contributed by atoms with E-state index in [1.807, 2.05) is 32.0 Å². The quantitative estimate of drug-likeness (QED) is 0.800. The first-order valence-electron chi connectivity index (χ1n) is 5.56. The first-order chi connectivity index (χ1) is 8.47. The highest BCUT2D eigenvalue weighted by atomic mass is 79.9. The third-order valence-corrected chi connectivity index (χ3v) is 3.35. The van der Waals surface area contributed by atoms with Gasteiger partial charge in [-0.3, -0.25) is 0 Å². The molecule has 0 aliphatic carbocycles. The predicted molar refractivity (Wildman–Crippen MR) is 77.7 cm³/mol. The average Bonchev–Trinajstić information content (AvgIpc) is 2.30. The number of nitrogens with two attached hydrogens (primary N) is 1. The molecule has 0 bridgehead atoms. The zero-order valence-corrected chi connectivity index (χ0v) is 11.8. The maximum Gasteiger partial charge on any atom is 0.137 e. The molecular formula is C14H14BrFN2. The van der Waals surface area contributed by atoms with Crippen molar-refractivity contribution >= 4 is 33.0 Å². The molecule has 0 aliphatic heterocycles. The minimum Gasteiger partial charge on any atom is -0.397 e. The highest BCUT2D eigenvalue weighted by Crippen LogP contribution is 2.29. The highest BCUT2D eigenvalue weighted by molar-refractivity contribution is 9.10. The fraction of sp³-hybridized carbons (Fsp3) is 0.143. The maximum absolute atomic E-state index is 13.3. The third kappa shape index (κ3) is 2.64. The Morgan fingerprint density at radius 3 is 2.56 bits per heavy atom. The van der Waals surface area contributed by atoms with Gasteiger partial charge in [0.2, 0.25) is 0 Å². The van der Waals surface area contributed by atoms with Crippen molar-refractivity contribution in [2.45, 2.75) is 13.8 Å². The van der Waals surface area contributed by atoms with E-state index in [0.29, 0.717) is 10.2 Å². The van der Waals surface area contributed by atoms with Gasteiger partial charge in [-0.25, -0.2) is 4.39 Å². The van der Waals surface area contributed by atoms with E-state index in [4.69, 9.17) is 5.73 Å². The van der Waals surface area contributed by atoms with Crippen LogP contribution < -0.4 is 11.1 Å². The Balaban J connectivity index is 2.40. The Hall–Kier alpha value is -1.55. The minimum atomic E-state index is -0.268. The number of benzene rings is 2. The first-order valence-corrected chi connectivity index (χ1v) is 6.35. The van der Waals surface area contributed by atoms with Crippen molar-refractivity contribution in [3.8, 4) is 0 Å². The molecule has 0 aliphatic rings. The molecule has 0 aromatic heterocycles. The van der Waals surface area contributed by atoms with Crippen LogP contribution in [0.25, 0.3) is 0 Å². The van der Waals surface area contributed by atoms with E-state index in [-0.39, 0.29) is 5.82 Å². The Morgan fingerprint density at radius 2 is 1.83 bits per heavy atom. The molecule has 0 saturated heterocycles. The van der Waals surface area contributed by atoms with Crippen LogP contribution in [0.15, 0.2) is 34.8 Å². The molecule has 94 valence electrons. The van der Waals surface area contributed by atoms with Crippen molar-refractivity contribution in [1.82, 2.24) is 0 Å². The topological polar surface area (TPSA) is 38.0 Å². The molecule has 0 atom stereocenters. The van der Waals surface area contributed by atoms with Gasteiger partial charge in [-0.15, -0.1) is 0 Å². The van der Waals surface area contributed by atoms with Crippen LogP contribution in [-0.4, -0.2) is 0 Å². The van der Waals surface area contributed by atoms with Crippen LogP contribution in [0.2, 0.25) is 0 Å². The molecule has 0 spiro atoms. The van der Waals surface area contributed by atoms with Gasteiger partial charge in [0.25, 0.3) is 0 Å². The van der Waals surface area contributed by atoms with E-state index < -0.39 is 0 Å². The van der Waals surface area contributed by atoms with E-state index in [1.165, 1.54) is 6.07 Å². The maximum atomic E-state index is 13.3. The van der Waals surface area contributed by atoms with Gasteiger partial charge in [0.05, 0.1) is 15.8 Å². The number of halogens is 2. The summed E-state index contributed by atoms with van der Waals surface area (Å²) in [6.45, 7) is 3.85. The second kappa shape index (κ2) is 4.98. The number of rotatable bonds is 2. The molecule has 2 nitrogen and oxygen atoms in total. The molecule has 2 rings (SSSR count). The fourth-order valence-electron chi connectivity index (χ4n) is 1.70. The predicted octanol–water partition coefficient (Wildman–Crippen LogP) is 4.53. The molecule has 0 heterocycles. The van der Waals surface area contributed by atoms with E-state index >= 15 is 0 Å². The summed E-state index contributed by atoms with van der Waals surface area (Å²) in [7, 11) is 0. The number of nitrogens with one attached hydrogen (secondary N) is 1. The van der Waals surface area contributed by atoms with Crippen LogP contribution in [0.1, 0.15) is 11.1 Å². The number of anilines is 3. The molecule has 18 heavy (non-hydrogen) atoms. The van der Waals surface area contributed by atoms with Crippen molar-refractivity contribution in [3.05, 3.63) is 51.7 Å². The normalized spacial score (nSPS) is 10.4. The summed E-state index contributed by atoms with van der Waals surface area (Å²) in [6, 6.07) is 8.97. The second-order valence-electron chi connectivity index (χ2n) is 4.30. The lowest BCUT2D eigenvalue weighted by Gasteiger charge is -2.13. The Labute approximate surface area is 114 Å². The molecular weight excluding hydrogens is 295 g/mol. The molecule has 2 aromatic rings. The van der Waals surface area contributed by atoms with Gasteiger partial charge in [-0.05, 0) is 65.2 Å². The third-order valence-electron chi connectivity index (χ3n) is 2.75. The second-order valence-corrected chi connectivity index (χ2v) is 5.15. The van der Waals surface area contributed by atoms with Crippen molar-refractivity contribution in [3.63, 3.8) is 0 Å². The summed E-state index contributed by atoms with van der Waals surface area (Å²) >= 11 is 3.18. The average molecular weight is 309 g/mol. The summed E-state index contributed by atoms with van der Waals surface area (Å²) in [4.78, 5) is 0. The number of hydrogen-bond acceptors (Lipinski definition) is 2. The van der Waals surface area contributed by atoms with E-state index in [2.05, 4.69) is 21.2 Å². The first kappa shape index (κ1) is 12.9. The number of nitrogen functional groups attached to an aromatic ring is 1. The molecule has 0 saturated carbocycles. The largest absolute Gasteiger partial charge is 0.397 e. The summed E-state index contributed by atoms with van der Waals surface area (Å²) < 4.78 is 13.8. The summed E-state index contributed by atoms with van der Waals surface area (Å²) in [5.74, 6) is -0.268. The summed E-state index contributed by atoms with van der Waals surface area (Å²) in [6.07, 6.45) is 0. The van der Waals surface area contributed by atoms with Crippen LogP contribution in [-0.2, 0) is 0 Å². The summed E-state index contributed by atoms with van der Waals surface area (Å²) in [5.41, 5.74) is 10.2. The smallest absolute Gasteiger partial charge is 0.137 e. The molecule has 0 unspecified atom stereocenters. The van der Waals surface area contributed by atoms with Crippen molar-refractivity contribution in [2.75, 3.05) is 11.1 Å². The van der Waals surface area contributed by atoms with Gasteiger partial charge >= 0.3 is 0 Å². The van der Waals surface area contributed by atoms with E-state index in [1.54, 1.807) is 6.07 Å². The Bertz CT molecular complexity index is 597. The summed E-state index contributed by atoms with van der Waals surface area (Å²) in [5, 5.41) is 3.23. The van der Waals surface area contributed by atoms with Crippen LogP contribution in [0.3, 0.4) is 0 Å². The monoisotopic (exact) mass is 308 g/mol. The zero-order valence-electron chi connectivity index (χ0n) is 10.2.